The standard InChI is InChI=1S/C15H23BNO4/c1-6-20-13(18)8-11-7-12(10-17-9-11)16-21-15(4,5)14(2,3)19/h7,9-10,19H,6,8H2,1-5H3. The molecule has 0 spiro atoms. The highest BCUT2D eigenvalue weighted by atomic mass is 16.5. The average Bonchev–Trinajstić information content (AvgIpc) is 2.36. The number of esters is 1. The Morgan fingerprint density at radius 2 is 2.00 bits per heavy atom. The van der Waals surface area contributed by atoms with E-state index in [1.165, 1.54) is 0 Å². The van der Waals surface area contributed by atoms with Crippen molar-refractivity contribution in [3.05, 3.63) is 24.0 Å². The van der Waals surface area contributed by atoms with Gasteiger partial charge in [-0.05, 0) is 45.6 Å². The first kappa shape index (κ1) is 17.7. The minimum absolute atomic E-state index is 0.178. The molecule has 1 rings (SSSR count). The molecule has 0 bridgehead atoms. The highest BCUT2D eigenvalue weighted by Crippen LogP contribution is 2.24. The zero-order chi connectivity index (χ0) is 16.1. The van der Waals surface area contributed by atoms with Crippen LogP contribution < -0.4 is 5.46 Å². The molecule has 21 heavy (non-hydrogen) atoms. The number of carbonyl (C=O) groups is 1. The Balaban J connectivity index is 2.67. The highest BCUT2D eigenvalue weighted by molar-refractivity contribution is 6.46. The quantitative estimate of drug-likeness (QED) is 0.600. The molecule has 1 N–H and O–H groups in total. The van der Waals surface area contributed by atoms with Crippen LogP contribution >= 0.6 is 0 Å². The van der Waals surface area contributed by atoms with Crippen LogP contribution in [0.5, 0.6) is 0 Å². The molecule has 1 aromatic rings. The van der Waals surface area contributed by atoms with E-state index in [1.54, 1.807) is 54.5 Å². The van der Waals surface area contributed by atoms with E-state index in [1.807, 2.05) is 6.07 Å². The molecule has 1 aromatic heterocycles. The zero-order valence-corrected chi connectivity index (χ0v) is 13.3. The number of rotatable bonds is 7. The van der Waals surface area contributed by atoms with Crippen LogP contribution in [0.2, 0.25) is 0 Å². The second kappa shape index (κ2) is 7.05. The third kappa shape index (κ3) is 5.48. The smallest absolute Gasteiger partial charge is 0.332 e. The van der Waals surface area contributed by atoms with Crippen LogP contribution in [-0.2, 0) is 20.6 Å². The normalized spacial score (nSPS) is 12.1. The molecule has 0 fully saturated rings. The maximum Gasteiger partial charge on any atom is 0.332 e. The summed E-state index contributed by atoms with van der Waals surface area (Å²) in [7, 11) is 1.54. The minimum Gasteiger partial charge on any atom is -0.466 e. The van der Waals surface area contributed by atoms with Crippen LogP contribution in [0.1, 0.15) is 40.2 Å². The van der Waals surface area contributed by atoms with Gasteiger partial charge in [-0.1, -0.05) is 6.07 Å². The van der Waals surface area contributed by atoms with Crippen LogP contribution in [0, 0.1) is 0 Å². The van der Waals surface area contributed by atoms with E-state index >= 15 is 0 Å². The summed E-state index contributed by atoms with van der Waals surface area (Å²) in [5.41, 5.74) is -0.245. The van der Waals surface area contributed by atoms with E-state index < -0.39 is 11.2 Å². The maximum atomic E-state index is 11.4. The molecule has 0 aromatic carbocycles. The Morgan fingerprint density at radius 3 is 2.57 bits per heavy atom. The predicted molar refractivity (Wildman–Crippen MR) is 81.4 cm³/mol. The van der Waals surface area contributed by atoms with Crippen molar-refractivity contribution in [2.24, 2.45) is 0 Å². The minimum atomic E-state index is -0.987. The van der Waals surface area contributed by atoms with Gasteiger partial charge in [0.05, 0.1) is 24.2 Å². The summed E-state index contributed by atoms with van der Waals surface area (Å²) in [6, 6.07) is 1.81. The molecule has 0 unspecified atom stereocenters. The van der Waals surface area contributed by atoms with E-state index in [9.17, 15) is 9.90 Å². The van der Waals surface area contributed by atoms with Gasteiger partial charge < -0.3 is 14.5 Å². The highest BCUT2D eigenvalue weighted by Gasteiger charge is 2.35. The second-order valence-electron chi connectivity index (χ2n) is 5.91. The first-order valence-corrected chi connectivity index (χ1v) is 6.98. The van der Waals surface area contributed by atoms with E-state index in [4.69, 9.17) is 9.39 Å². The molecule has 0 saturated heterocycles. The number of aliphatic hydroxyl groups is 1. The number of ether oxygens (including phenoxy) is 1. The summed E-state index contributed by atoms with van der Waals surface area (Å²) in [6.45, 7) is 9.12. The number of pyridine rings is 1. The molecule has 0 atom stereocenters. The van der Waals surface area contributed by atoms with Crippen LogP contribution in [0.3, 0.4) is 0 Å². The van der Waals surface area contributed by atoms with Crippen molar-refractivity contribution in [2.45, 2.75) is 52.2 Å². The van der Waals surface area contributed by atoms with Gasteiger partial charge >= 0.3 is 13.5 Å². The maximum absolute atomic E-state index is 11.4. The van der Waals surface area contributed by atoms with Crippen LogP contribution in [0.4, 0.5) is 0 Å². The number of hydrogen-bond donors (Lipinski definition) is 1. The van der Waals surface area contributed by atoms with Crippen molar-refractivity contribution >= 4 is 18.9 Å². The monoisotopic (exact) mass is 292 g/mol. The molecule has 5 nitrogen and oxygen atoms in total. The second-order valence-corrected chi connectivity index (χ2v) is 5.91. The molecule has 1 radical (unpaired) electrons. The SMILES string of the molecule is CCOC(=O)Cc1cncc([B]OC(C)(C)C(C)(C)O)c1. The van der Waals surface area contributed by atoms with Crippen LogP contribution in [0.25, 0.3) is 0 Å². The van der Waals surface area contributed by atoms with Crippen molar-refractivity contribution in [3.63, 3.8) is 0 Å². The molecular weight excluding hydrogens is 269 g/mol. The molecule has 0 aliphatic heterocycles. The Kier molecular flexibility index (Phi) is 5.92. The van der Waals surface area contributed by atoms with Gasteiger partial charge in [-0.15, -0.1) is 0 Å². The van der Waals surface area contributed by atoms with Crippen molar-refractivity contribution in [2.75, 3.05) is 6.61 Å². The third-order valence-corrected chi connectivity index (χ3v) is 3.43. The summed E-state index contributed by atoms with van der Waals surface area (Å²) in [6.07, 6.45) is 3.43. The fraction of sp³-hybridized carbons (Fsp3) is 0.600. The summed E-state index contributed by atoms with van der Waals surface area (Å²) in [5, 5.41) is 10.0. The van der Waals surface area contributed by atoms with Gasteiger partial charge in [-0.3, -0.25) is 9.78 Å². The summed E-state index contributed by atoms with van der Waals surface area (Å²) in [5.74, 6) is -0.283. The number of hydrogen-bond acceptors (Lipinski definition) is 5. The van der Waals surface area contributed by atoms with E-state index in [0.29, 0.717) is 6.61 Å². The van der Waals surface area contributed by atoms with Gasteiger partial charge in [0, 0.05) is 12.4 Å². The predicted octanol–water partition coefficient (Wildman–Crippen LogP) is 0.998. The van der Waals surface area contributed by atoms with E-state index in [0.717, 1.165) is 11.0 Å². The Bertz CT molecular complexity index is 483. The number of aromatic nitrogens is 1. The first-order valence-electron chi connectivity index (χ1n) is 6.98. The molecule has 115 valence electrons. The summed E-state index contributed by atoms with van der Waals surface area (Å²) in [4.78, 5) is 15.5. The first-order chi connectivity index (χ1) is 9.65. The Labute approximate surface area is 127 Å². The van der Waals surface area contributed by atoms with Crippen molar-refractivity contribution in [1.29, 1.82) is 0 Å². The average molecular weight is 292 g/mol. The van der Waals surface area contributed by atoms with E-state index in [2.05, 4.69) is 4.98 Å². The summed E-state index contributed by atoms with van der Waals surface area (Å²) < 4.78 is 10.6. The molecule has 0 aliphatic rings. The van der Waals surface area contributed by atoms with Gasteiger partial charge in [0.15, 0.2) is 0 Å². The van der Waals surface area contributed by atoms with Gasteiger partial charge in [0.2, 0.25) is 0 Å². The summed E-state index contributed by atoms with van der Waals surface area (Å²) >= 11 is 0. The van der Waals surface area contributed by atoms with Crippen LogP contribution in [-0.4, -0.2) is 41.4 Å². The molecule has 0 amide bonds. The van der Waals surface area contributed by atoms with Crippen molar-refractivity contribution < 1.29 is 19.3 Å². The zero-order valence-electron chi connectivity index (χ0n) is 13.3. The van der Waals surface area contributed by atoms with Gasteiger partial charge in [0.1, 0.15) is 0 Å². The lowest BCUT2D eigenvalue weighted by atomic mass is 9.83. The number of carbonyl (C=O) groups excluding carboxylic acids is 1. The van der Waals surface area contributed by atoms with Gasteiger partial charge in [-0.25, -0.2) is 0 Å². The fourth-order valence-electron chi connectivity index (χ4n) is 1.41. The lowest BCUT2D eigenvalue weighted by Crippen LogP contribution is -2.49. The molecular formula is C15H23BNO4. The lowest BCUT2D eigenvalue weighted by Gasteiger charge is -2.37. The molecule has 1 heterocycles. The van der Waals surface area contributed by atoms with Crippen LogP contribution in [0.15, 0.2) is 18.5 Å². The van der Waals surface area contributed by atoms with Gasteiger partial charge in [-0.2, -0.15) is 0 Å². The van der Waals surface area contributed by atoms with Crippen molar-refractivity contribution in [1.82, 2.24) is 4.98 Å². The largest absolute Gasteiger partial charge is 0.466 e. The van der Waals surface area contributed by atoms with E-state index in [-0.39, 0.29) is 12.4 Å². The Hall–Kier alpha value is -1.40. The molecule has 0 saturated carbocycles. The Morgan fingerprint density at radius 1 is 1.33 bits per heavy atom. The third-order valence-electron chi connectivity index (χ3n) is 3.43. The molecule has 0 aliphatic carbocycles. The fourth-order valence-corrected chi connectivity index (χ4v) is 1.41. The van der Waals surface area contributed by atoms with Crippen molar-refractivity contribution in [3.8, 4) is 0 Å². The number of nitrogens with zero attached hydrogens (tertiary/aromatic N) is 1. The topological polar surface area (TPSA) is 68.7 Å². The molecule has 6 heteroatoms. The van der Waals surface area contributed by atoms with Gasteiger partial charge in [0.25, 0.3) is 0 Å². The lowest BCUT2D eigenvalue weighted by molar-refractivity contribution is -0.142.